The summed E-state index contributed by atoms with van der Waals surface area (Å²) >= 11 is 1.26. The van der Waals surface area contributed by atoms with E-state index < -0.39 is 5.97 Å². The molecule has 0 atom stereocenters. The van der Waals surface area contributed by atoms with Crippen LogP contribution in [0.1, 0.15) is 26.5 Å². The molecule has 1 amide bonds. The van der Waals surface area contributed by atoms with Gasteiger partial charge in [0.15, 0.2) is 6.61 Å². The van der Waals surface area contributed by atoms with E-state index >= 15 is 0 Å². The largest absolute Gasteiger partial charge is 0.451 e. The number of esters is 1. The van der Waals surface area contributed by atoms with Crippen LogP contribution in [-0.2, 0) is 9.53 Å². The van der Waals surface area contributed by atoms with Crippen molar-refractivity contribution < 1.29 is 14.3 Å². The number of thiazole rings is 1. The number of aryl methyl sites for hydroxylation is 3. The van der Waals surface area contributed by atoms with Gasteiger partial charge in [-0.05, 0) is 44.0 Å². The second-order valence-corrected chi connectivity index (χ2v) is 7.30. The molecule has 3 aromatic rings. The maximum Gasteiger partial charge on any atom is 0.350 e. The Morgan fingerprint density at radius 2 is 1.70 bits per heavy atom. The predicted molar refractivity (Wildman–Crippen MR) is 107 cm³/mol. The van der Waals surface area contributed by atoms with Crippen molar-refractivity contribution in [1.29, 1.82) is 0 Å². The Labute approximate surface area is 162 Å². The summed E-state index contributed by atoms with van der Waals surface area (Å²) in [6.45, 7) is 5.33. The van der Waals surface area contributed by atoms with Crippen molar-refractivity contribution in [2.24, 2.45) is 0 Å². The van der Waals surface area contributed by atoms with Crippen molar-refractivity contribution in [2.75, 3.05) is 11.9 Å². The molecule has 0 aliphatic heterocycles. The normalized spacial score (nSPS) is 10.5. The van der Waals surface area contributed by atoms with Crippen molar-refractivity contribution in [3.8, 4) is 10.6 Å². The average Bonchev–Trinajstić information content (AvgIpc) is 3.01. The summed E-state index contributed by atoms with van der Waals surface area (Å²) in [5.41, 5.74) is 4.33. The summed E-state index contributed by atoms with van der Waals surface area (Å²) in [6, 6.07) is 15.4. The molecule has 1 heterocycles. The van der Waals surface area contributed by atoms with Crippen molar-refractivity contribution in [3.63, 3.8) is 0 Å². The maximum atomic E-state index is 12.3. The van der Waals surface area contributed by atoms with E-state index in [1.54, 1.807) is 6.92 Å². The monoisotopic (exact) mass is 380 g/mol. The van der Waals surface area contributed by atoms with Gasteiger partial charge in [0.25, 0.3) is 5.91 Å². The van der Waals surface area contributed by atoms with Gasteiger partial charge in [0.05, 0.1) is 5.69 Å². The van der Waals surface area contributed by atoms with Gasteiger partial charge in [0.2, 0.25) is 0 Å². The van der Waals surface area contributed by atoms with Crippen LogP contribution in [0.15, 0.2) is 48.5 Å². The molecular formula is C21H20N2O3S. The Hall–Kier alpha value is -2.99. The van der Waals surface area contributed by atoms with Crippen LogP contribution in [0.3, 0.4) is 0 Å². The highest BCUT2D eigenvalue weighted by molar-refractivity contribution is 7.17. The molecular weight excluding hydrogens is 360 g/mol. The van der Waals surface area contributed by atoms with Crippen LogP contribution in [0.4, 0.5) is 5.69 Å². The fourth-order valence-electron chi connectivity index (χ4n) is 2.73. The minimum atomic E-state index is -0.539. The summed E-state index contributed by atoms with van der Waals surface area (Å²) in [6.07, 6.45) is 0. The minimum absolute atomic E-state index is 0.343. The second-order valence-electron chi connectivity index (χ2n) is 6.30. The highest BCUT2D eigenvalue weighted by Crippen LogP contribution is 2.28. The molecule has 5 nitrogen and oxygen atoms in total. The fourth-order valence-corrected chi connectivity index (χ4v) is 3.70. The zero-order valence-electron chi connectivity index (χ0n) is 15.4. The first-order chi connectivity index (χ1) is 12.9. The van der Waals surface area contributed by atoms with Crippen LogP contribution < -0.4 is 5.32 Å². The molecule has 1 aromatic heterocycles. The van der Waals surface area contributed by atoms with E-state index in [-0.39, 0.29) is 12.5 Å². The molecule has 2 aromatic carbocycles. The molecule has 0 aliphatic carbocycles. The number of nitrogens with zero attached hydrogens (tertiary/aromatic N) is 1. The molecule has 0 saturated heterocycles. The number of aromatic nitrogens is 1. The predicted octanol–water partition coefficient (Wildman–Crippen LogP) is 4.53. The summed E-state index contributed by atoms with van der Waals surface area (Å²) in [5, 5.41) is 3.50. The van der Waals surface area contributed by atoms with Crippen LogP contribution in [0.2, 0.25) is 0 Å². The van der Waals surface area contributed by atoms with Crippen LogP contribution in [-0.4, -0.2) is 23.5 Å². The van der Waals surface area contributed by atoms with Gasteiger partial charge in [-0.25, -0.2) is 9.78 Å². The number of ether oxygens (including phenoxy) is 1. The van der Waals surface area contributed by atoms with Crippen LogP contribution in [0.25, 0.3) is 10.6 Å². The van der Waals surface area contributed by atoms with Gasteiger partial charge in [-0.15, -0.1) is 11.3 Å². The van der Waals surface area contributed by atoms with Crippen molar-refractivity contribution in [2.45, 2.75) is 20.8 Å². The lowest BCUT2D eigenvalue weighted by molar-refractivity contribution is -0.119. The number of carbonyl (C=O) groups excluding carboxylic acids is 2. The molecule has 0 bridgehead atoms. The number of hydrogen-bond acceptors (Lipinski definition) is 5. The standard InChI is InChI=1S/C21H20N2O3S/c1-13-9-14(2)11-17(10-13)23-18(24)12-26-21(25)19-15(3)22-20(27-19)16-7-5-4-6-8-16/h4-11H,12H2,1-3H3,(H,23,24). The van der Waals surface area contributed by atoms with Gasteiger partial charge >= 0.3 is 5.97 Å². The number of carbonyl (C=O) groups is 2. The molecule has 0 saturated carbocycles. The molecule has 0 fully saturated rings. The molecule has 1 N–H and O–H groups in total. The molecule has 27 heavy (non-hydrogen) atoms. The quantitative estimate of drug-likeness (QED) is 0.660. The minimum Gasteiger partial charge on any atom is -0.451 e. The van der Waals surface area contributed by atoms with Gasteiger partial charge in [-0.2, -0.15) is 0 Å². The van der Waals surface area contributed by atoms with E-state index in [1.165, 1.54) is 11.3 Å². The van der Waals surface area contributed by atoms with Crippen LogP contribution >= 0.6 is 11.3 Å². The zero-order valence-corrected chi connectivity index (χ0v) is 16.2. The molecule has 0 unspecified atom stereocenters. The third-order valence-electron chi connectivity index (χ3n) is 3.84. The molecule has 3 rings (SSSR count). The molecule has 0 spiro atoms. The molecule has 6 heteroatoms. The Bertz CT molecular complexity index is 960. The number of amides is 1. The van der Waals surface area contributed by atoms with Gasteiger partial charge in [0.1, 0.15) is 9.88 Å². The van der Waals surface area contributed by atoms with Crippen molar-refractivity contribution >= 4 is 28.9 Å². The Balaban J connectivity index is 1.62. The Morgan fingerprint density at radius 3 is 2.37 bits per heavy atom. The summed E-state index contributed by atoms with van der Waals surface area (Å²) < 4.78 is 5.17. The van der Waals surface area contributed by atoms with E-state index in [0.29, 0.717) is 16.3 Å². The SMILES string of the molecule is Cc1cc(C)cc(NC(=O)COC(=O)c2sc(-c3ccccc3)nc2C)c1. The average molecular weight is 380 g/mol. The first-order valence-electron chi connectivity index (χ1n) is 8.50. The lowest BCUT2D eigenvalue weighted by atomic mass is 10.1. The maximum absolute atomic E-state index is 12.3. The number of nitrogens with one attached hydrogen (secondary N) is 1. The van der Waals surface area contributed by atoms with Gasteiger partial charge in [-0.3, -0.25) is 4.79 Å². The topological polar surface area (TPSA) is 68.3 Å². The van der Waals surface area contributed by atoms with E-state index in [4.69, 9.17) is 4.74 Å². The summed E-state index contributed by atoms with van der Waals surface area (Å²) in [7, 11) is 0. The van der Waals surface area contributed by atoms with Gasteiger partial charge < -0.3 is 10.1 Å². The second kappa shape index (κ2) is 8.14. The Kier molecular flexibility index (Phi) is 5.66. The zero-order chi connectivity index (χ0) is 19.4. The lowest BCUT2D eigenvalue weighted by Crippen LogP contribution is -2.21. The number of benzene rings is 2. The van der Waals surface area contributed by atoms with E-state index in [9.17, 15) is 9.59 Å². The van der Waals surface area contributed by atoms with Crippen LogP contribution in [0, 0.1) is 20.8 Å². The van der Waals surface area contributed by atoms with E-state index in [2.05, 4.69) is 10.3 Å². The third kappa shape index (κ3) is 4.80. The summed E-state index contributed by atoms with van der Waals surface area (Å²) in [5.74, 6) is -0.915. The van der Waals surface area contributed by atoms with Crippen LogP contribution in [0.5, 0.6) is 0 Å². The number of hydrogen-bond donors (Lipinski definition) is 1. The Morgan fingerprint density at radius 1 is 1.04 bits per heavy atom. The number of rotatable bonds is 5. The fraction of sp³-hybridized carbons (Fsp3) is 0.190. The summed E-state index contributed by atoms with van der Waals surface area (Å²) in [4.78, 5) is 29.3. The molecule has 138 valence electrons. The van der Waals surface area contributed by atoms with Gasteiger partial charge in [0, 0.05) is 11.3 Å². The highest BCUT2D eigenvalue weighted by Gasteiger charge is 2.18. The van der Waals surface area contributed by atoms with Gasteiger partial charge in [-0.1, -0.05) is 36.4 Å². The van der Waals surface area contributed by atoms with E-state index in [0.717, 1.165) is 21.7 Å². The smallest absolute Gasteiger partial charge is 0.350 e. The first kappa shape index (κ1) is 18.8. The highest BCUT2D eigenvalue weighted by atomic mass is 32.1. The van der Waals surface area contributed by atoms with Crippen molar-refractivity contribution in [1.82, 2.24) is 4.98 Å². The molecule has 0 radical (unpaired) electrons. The van der Waals surface area contributed by atoms with E-state index in [1.807, 2.05) is 62.4 Å². The molecule has 0 aliphatic rings. The van der Waals surface area contributed by atoms with Crippen molar-refractivity contribution in [3.05, 3.63) is 70.2 Å². The first-order valence-corrected chi connectivity index (χ1v) is 9.32. The number of anilines is 1. The lowest BCUT2D eigenvalue weighted by Gasteiger charge is -2.08. The third-order valence-corrected chi connectivity index (χ3v) is 5.03.